The summed E-state index contributed by atoms with van der Waals surface area (Å²) in [5, 5.41) is 5.31. The molecule has 1 N–H and O–H groups in total. The Hall–Kier alpha value is -2.80. The predicted molar refractivity (Wildman–Crippen MR) is 99.7 cm³/mol. The first-order chi connectivity index (χ1) is 13.1. The smallest absolute Gasteiger partial charge is 0.226 e. The number of benzene rings is 2. The second kappa shape index (κ2) is 9.23. The summed E-state index contributed by atoms with van der Waals surface area (Å²) in [5.41, 5.74) is 1.23. The lowest BCUT2D eigenvalue weighted by atomic mass is 10.1. The van der Waals surface area contributed by atoms with Gasteiger partial charge >= 0.3 is 0 Å². The van der Waals surface area contributed by atoms with Gasteiger partial charge in [0.05, 0.1) is 12.1 Å². The van der Waals surface area contributed by atoms with E-state index in [1.54, 1.807) is 35.7 Å². The lowest BCUT2D eigenvalue weighted by Crippen LogP contribution is -2.27. The number of rotatable bonds is 8. The van der Waals surface area contributed by atoms with Crippen molar-refractivity contribution in [1.82, 2.24) is 10.3 Å². The summed E-state index contributed by atoms with van der Waals surface area (Å²) in [4.78, 5) is 16.4. The van der Waals surface area contributed by atoms with Gasteiger partial charge in [0.15, 0.2) is 0 Å². The van der Waals surface area contributed by atoms with Gasteiger partial charge in [0.2, 0.25) is 5.91 Å². The molecule has 0 atom stereocenters. The molecule has 0 aliphatic heterocycles. The molecule has 140 valence electrons. The third-order valence-electron chi connectivity index (χ3n) is 3.79. The fraction of sp³-hybridized carbons (Fsp3) is 0.200. The zero-order valence-corrected chi connectivity index (χ0v) is 15.3. The molecule has 4 nitrogen and oxygen atoms in total. The van der Waals surface area contributed by atoms with Gasteiger partial charge in [-0.3, -0.25) is 4.79 Å². The van der Waals surface area contributed by atoms with E-state index in [1.165, 1.54) is 29.5 Å². The normalized spacial score (nSPS) is 10.6. The molecule has 0 aliphatic carbocycles. The number of hydrogen-bond acceptors (Lipinski definition) is 4. The molecule has 7 heteroatoms. The highest BCUT2D eigenvalue weighted by molar-refractivity contribution is 7.09. The van der Waals surface area contributed by atoms with Crippen LogP contribution in [0.5, 0.6) is 5.75 Å². The largest absolute Gasteiger partial charge is 0.486 e. The van der Waals surface area contributed by atoms with Crippen LogP contribution < -0.4 is 10.1 Å². The molecule has 0 saturated carbocycles. The maximum atomic E-state index is 13.5. The fourth-order valence-corrected chi connectivity index (χ4v) is 3.14. The summed E-state index contributed by atoms with van der Waals surface area (Å²) in [6, 6.07) is 12.3. The number of amides is 1. The van der Waals surface area contributed by atoms with Gasteiger partial charge < -0.3 is 10.1 Å². The lowest BCUT2D eigenvalue weighted by molar-refractivity contribution is -0.120. The number of carbonyl (C=O) groups is 1. The van der Waals surface area contributed by atoms with Crippen LogP contribution in [0.1, 0.15) is 16.3 Å². The standard InChI is InChI=1S/C20H18F2N2O2S/c21-15-5-7-17(8-6-15)26-12-20-24-16(13-27-20)11-19(25)23-10-9-14-3-1-2-4-18(14)22/h1-8,13H,9-12H2,(H,23,25). The molecule has 0 radical (unpaired) electrons. The molecule has 3 aromatic rings. The van der Waals surface area contributed by atoms with Gasteiger partial charge in [0, 0.05) is 11.9 Å². The average Bonchev–Trinajstić information content (AvgIpc) is 3.10. The number of hydrogen-bond donors (Lipinski definition) is 1. The Kier molecular flexibility index (Phi) is 6.49. The summed E-state index contributed by atoms with van der Waals surface area (Å²) >= 11 is 1.40. The fourth-order valence-electron chi connectivity index (χ4n) is 2.44. The Balaban J connectivity index is 1.42. The van der Waals surface area contributed by atoms with Gasteiger partial charge in [-0.05, 0) is 42.3 Å². The van der Waals surface area contributed by atoms with Crippen LogP contribution in [0.15, 0.2) is 53.9 Å². The van der Waals surface area contributed by atoms with Crippen molar-refractivity contribution in [2.75, 3.05) is 6.54 Å². The van der Waals surface area contributed by atoms with Crippen LogP contribution in [0, 0.1) is 11.6 Å². The van der Waals surface area contributed by atoms with E-state index in [-0.39, 0.29) is 30.6 Å². The molecule has 0 bridgehead atoms. The zero-order chi connectivity index (χ0) is 19.1. The van der Waals surface area contributed by atoms with Crippen molar-refractivity contribution in [3.8, 4) is 5.75 Å². The molecule has 27 heavy (non-hydrogen) atoms. The Morgan fingerprint density at radius 2 is 1.89 bits per heavy atom. The van der Waals surface area contributed by atoms with E-state index in [4.69, 9.17) is 4.74 Å². The molecule has 0 fully saturated rings. The number of aromatic nitrogens is 1. The molecule has 1 amide bonds. The highest BCUT2D eigenvalue weighted by Crippen LogP contribution is 2.16. The molecule has 0 aliphatic rings. The zero-order valence-electron chi connectivity index (χ0n) is 14.5. The first kappa shape index (κ1) is 19.0. The third kappa shape index (κ3) is 5.86. The van der Waals surface area contributed by atoms with Crippen molar-refractivity contribution in [3.63, 3.8) is 0 Å². The van der Waals surface area contributed by atoms with E-state index in [0.29, 0.717) is 30.0 Å². The minimum absolute atomic E-state index is 0.157. The minimum atomic E-state index is -0.320. The Morgan fingerprint density at radius 3 is 2.67 bits per heavy atom. The van der Waals surface area contributed by atoms with Crippen molar-refractivity contribution in [2.24, 2.45) is 0 Å². The number of halogens is 2. The van der Waals surface area contributed by atoms with Crippen molar-refractivity contribution in [2.45, 2.75) is 19.4 Å². The second-order valence-electron chi connectivity index (χ2n) is 5.84. The third-order valence-corrected chi connectivity index (χ3v) is 4.66. The first-order valence-corrected chi connectivity index (χ1v) is 9.30. The number of carbonyl (C=O) groups excluding carboxylic acids is 1. The van der Waals surface area contributed by atoms with Crippen LogP contribution in [0.4, 0.5) is 8.78 Å². The van der Waals surface area contributed by atoms with Crippen LogP contribution in [0.2, 0.25) is 0 Å². The molecule has 0 unspecified atom stereocenters. The highest BCUT2D eigenvalue weighted by atomic mass is 32.1. The lowest BCUT2D eigenvalue weighted by Gasteiger charge is -2.05. The molecular formula is C20H18F2N2O2S. The molecule has 0 saturated heterocycles. The Bertz CT molecular complexity index is 897. The maximum Gasteiger partial charge on any atom is 0.226 e. The van der Waals surface area contributed by atoms with Gasteiger partial charge in [-0.15, -0.1) is 11.3 Å². The van der Waals surface area contributed by atoms with E-state index in [2.05, 4.69) is 10.3 Å². The molecular weight excluding hydrogens is 370 g/mol. The highest BCUT2D eigenvalue weighted by Gasteiger charge is 2.09. The van der Waals surface area contributed by atoms with E-state index in [1.807, 2.05) is 0 Å². The summed E-state index contributed by atoms with van der Waals surface area (Å²) in [6.45, 7) is 0.621. The van der Waals surface area contributed by atoms with Crippen LogP contribution in [-0.2, 0) is 24.2 Å². The monoisotopic (exact) mass is 388 g/mol. The predicted octanol–water partition coefficient (Wildman–Crippen LogP) is 3.90. The molecule has 1 heterocycles. The van der Waals surface area contributed by atoms with Crippen molar-refractivity contribution in [3.05, 3.63) is 81.8 Å². The Labute approximate surface area is 159 Å². The number of nitrogens with zero attached hydrogens (tertiary/aromatic N) is 1. The van der Waals surface area contributed by atoms with Crippen molar-refractivity contribution in [1.29, 1.82) is 0 Å². The molecule has 3 rings (SSSR count). The molecule has 1 aromatic heterocycles. The van der Waals surface area contributed by atoms with E-state index in [9.17, 15) is 13.6 Å². The van der Waals surface area contributed by atoms with Crippen LogP contribution in [-0.4, -0.2) is 17.4 Å². The molecule has 2 aromatic carbocycles. The van der Waals surface area contributed by atoms with Crippen LogP contribution in [0.3, 0.4) is 0 Å². The van der Waals surface area contributed by atoms with Gasteiger partial charge in [0.25, 0.3) is 0 Å². The van der Waals surface area contributed by atoms with Gasteiger partial charge in [-0.1, -0.05) is 18.2 Å². The first-order valence-electron chi connectivity index (χ1n) is 8.42. The SMILES string of the molecule is O=C(Cc1csc(COc2ccc(F)cc2)n1)NCCc1ccccc1F. The second-order valence-corrected chi connectivity index (χ2v) is 6.79. The average molecular weight is 388 g/mol. The number of ether oxygens (including phenoxy) is 1. The van der Waals surface area contributed by atoms with Crippen molar-refractivity contribution >= 4 is 17.2 Å². The number of nitrogens with one attached hydrogen (secondary N) is 1. The summed E-state index contributed by atoms with van der Waals surface area (Å²) in [6.07, 6.45) is 0.594. The summed E-state index contributed by atoms with van der Waals surface area (Å²) < 4.78 is 31.9. The summed E-state index contributed by atoms with van der Waals surface area (Å²) in [5.74, 6) is -0.196. The van der Waals surface area contributed by atoms with E-state index in [0.717, 1.165) is 5.01 Å². The van der Waals surface area contributed by atoms with Crippen LogP contribution >= 0.6 is 11.3 Å². The maximum absolute atomic E-state index is 13.5. The van der Waals surface area contributed by atoms with Gasteiger partial charge in [-0.25, -0.2) is 13.8 Å². The minimum Gasteiger partial charge on any atom is -0.486 e. The molecule has 0 spiro atoms. The van der Waals surface area contributed by atoms with Crippen LogP contribution in [0.25, 0.3) is 0 Å². The van der Waals surface area contributed by atoms with E-state index < -0.39 is 0 Å². The number of thiazole rings is 1. The summed E-state index contributed by atoms with van der Waals surface area (Å²) in [7, 11) is 0. The van der Waals surface area contributed by atoms with Gasteiger partial charge in [0.1, 0.15) is 29.0 Å². The van der Waals surface area contributed by atoms with Gasteiger partial charge in [-0.2, -0.15) is 0 Å². The van der Waals surface area contributed by atoms with E-state index >= 15 is 0 Å². The quantitative estimate of drug-likeness (QED) is 0.637. The van der Waals surface area contributed by atoms with Crippen molar-refractivity contribution < 1.29 is 18.3 Å². The Morgan fingerprint density at radius 1 is 1.11 bits per heavy atom. The topological polar surface area (TPSA) is 51.2 Å².